The zero-order valence-corrected chi connectivity index (χ0v) is 12.7. The summed E-state index contributed by atoms with van der Waals surface area (Å²) >= 11 is 0. The molecule has 1 aromatic rings. The largest absolute Gasteiger partial charge is 0.355 e. The SMILES string of the molecule is CN(C)C1CCCN(c2nc3c(cc2CN)CCC3)C1. The molecule has 1 aliphatic carbocycles. The Balaban J connectivity index is 1.89. The van der Waals surface area contributed by atoms with E-state index in [2.05, 4.69) is 30.0 Å². The second-order valence-corrected chi connectivity index (χ2v) is 6.34. The molecule has 0 amide bonds. The highest BCUT2D eigenvalue weighted by molar-refractivity contribution is 5.51. The van der Waals surface area contributed by atoms with Gasteiger partial charge in [-0.3, -0.25) is 0 Å². The van der Waals surface area contributed by atoms with Gasteiger partial charge in [-0.25, -0.2) is 4.98 Å². The van der Waals surface area contributed by atoms with E-state index in [1.807, 2.05) is 0 Å². The zero-order chi connectivity index (χ0) is 14.1. The van der Waals surface area contributed by atoms with Gasteiger partial charge in [-0.15, -0.1) is 0 Å². The van der Waals surface area contributed by atoms with E-state index in [-0.39, 0.29) is 0 Å². The number of fused-ring (bicyclic) bond motifs is 1. The first kappa shape index (κ1) is 13.8. The van der Waals surface area contributed by atoms with Crippen LogP contribution in [0.5, 0.6) is 0 Å². The van der Waals surface area contributed by atoms with Crippen molar-refractivity contribution in [3.05, 3.63) is 22.9 Å². The third-order valence-electron chi connectivity index (χ3n) is 4.75. The Hall–Kier alpha value is -1.13. The van der Waals surface area contributed by atoms with E-state index >= 15 is 0 Å². The van der Waals surface area contributed by atoms with Crippen LogP contribution in [-0.2, 0) is 19.4 Å². The van der Waals surface area contributed by atoms with E-state index < -0.39 is 0 Å². The van der Waals surface area contributed by atoms with Crippen LogP contribution in [0, 0.1) is 0 Å². The highest BCUT2D eigenvalue weighted by Gasteiger charge is 2.25. The van der Waals surface area contributed by atoms with Gasteiger partial charge in [0.05, 0.1) is 0 Å². The smallest absolute Gasteiger partial charge is 0.133 e. The summed E-state index contributed by atoms with van der Waals surface area (Å²) in [6.45, 7) is 2.79. The first-order chi connectivity index (χ1) is 9.69. The Morgan fingerprint density at radius 1 is 1.35 bits per heavy atom. The normalized spacial score (nSPS) is 22.4. The zero-order valence-electron chi connectivity index (χ0n) is 12.7. The molecule has 0 saturated carbocycles. The fourth-order valence-corrected chi connectivity index (χ4v) is 3.50. The average Bonchev–Trinajstić information content (AvgIpc) is 2.93. The standard InChI is InChI=1S/C16H26N4/c1-19(2)14-6-4-8-20(11-14)16-13(10-17)9-12-5-3-7-15(12)18-16/h9,14H,3-8,10-11,17H2,1-2H3. The summed E-state index contributed by atoms with van der Waals surface area (Å²) in [5.74, 6) is 1.15. The molecule has 2 N–H and O–H groups in total. The quantitative estimate of drug-likeness (QED) is 0.908. The molecular weight excluding hydrogens is 248 g/mol. The summed E-state index contributed by atoms with van der Waals surface area (Å²) in [6, 6.07) is 2.94. The molecule has 0 spiro atoms. The van der Waals surface area contributed by atoms with Gasteiger partial charge < -0.3 is 15.5 Å². The van der Waals surface area contributed by atoms with Crippen LogP contribution in [0.2, 0.25) is 0 Å². The average molecular weight is 274 g/mol. The molecule has 2 heterocycles. The van der Waals surface area contributed by atoms with Gasteiger partial charge in [0.25, 0.3) is 0 Å². The van der Waals surface area contributed by atoms with Crippen molar-refractivity contribution < 1.29 is 0 Å². The molecule has 20 heavy (non-hydrogen) atoms. The van der Waals surface area contributed by atoms with Gasteiger partial charge in [0.1, 0.15) is 5.82 Å². The van der Waals surface area contributed by atoms with Crippen molar-refractivity contribution in [3.63, 3.8) is 0 Å². The number of likely N-dealkylation sites (N-methyl/N-ethyl adjacent to an activating group) is 1. The number of aromatic nitrogens is 1. The molecule has 1 aliphatic heterocycles. The van der Waals surface area contributed by atoms with Crippen molar-refractivity contribution in [2.24, 2.45) is 5.73 Å². The number of hydrogen-bond acceptors (Lipinski definition) is 4. The van der Waals surface area contributed by atoms with Crippen molar-refractivity contribution in [3.8, 4) is 0 Å². The van der Waals surface area contributed by atoms with E-state index in [9.17, 15) is 0 Å². The van der Waals surface area contributed by atoms with Crippen LogP contribution in [0.15, 0.2) is 6.07 Å². The summed E-state index contributed by atoms with van der Waals surface area (Å²) in [5.41, 5.74) is 9.93. The van der Waals surface area contributed by atoms with E-state index in [0.717, 1.165) is 25.3 Å². The number of pyridine rings is 1. The molecule has 2 aliphatic rings. The lowest BCUT2D eigenvalue weighted by Gasteiger charge is -2.37. The summed E-state index contributed by atoms with van der Waals surface area (Å²) in [6.07, 6.45) is 6.09. The van der Waals surface area contributed by atoms with Gasteiger partial charge in [0.15, 0.2) is 0 Å². The second kappa shape index (κ2) is 5.70. The van der Waals surface area contributed by atoms with Crippen molar-refractivity contribution in [1.82, 2.24) is 9.88 Å². The van der Waals surface area contributed by atoms with Gasteiger partial charge in [-0.1, -0.05) is 0 Å². The van der Waals surface area contributed by atoms with Crippen LogP contribution in [-0.4, -0.2) is 43.1 Å². The van der Waals surface area contributed by atoms with Crippen molar-refractivity contribution in [2.75, 3.05) is 32.1 Å². The number of nitrogens with zero attached hydrogens (tertiary/aromatic N) is 3. The highest BCUT2D eigenvalue weighted by atomic mass is 15.2. The molecule has 0 aromatic carbocycles. The first-order valence-corrected chi connectivity index (χ1v) is 7.82. The lowest BCUT2D eigenvalue weighted by molar-refractivity contribution is 0.257. The topological polar surface area (TPSA) is 45.4 Å². The molecule has 0 radical (unpaired) electrons. The lowest BCUT2D eigenvalue weighted by Crippen LogP contribution is -2.45. The maximum atomic E-state index is 5.97. The number of piperidine rings is 1. The molecular formula is C16H26N4. The maximum Gasteiger partial charge on any atom is 0.133 e. The summed E-state index contributed by atoms with van der Waals surface area (Å²) in [4.78, 5) is 9.76. The molecule has 1 aromatic heterocycles. The van der Waals surface area contributed by atoms with Crippen molar-refractivity contribution >= 4 is 5.82 Å². The molecule has 1 unspecified atom stereocenters. The minimum absolute atomic E-state index is 0.596. The molecule has 1 saturated heterocycles. The predicted molar refractivity (Wildman–Crippen MR) is 83.1 cm³/mol. The van der Waals surface area contributed by atoms with Gasteiger partial charge in [0.2, 0.25) is 0 Å². The Kier molecular flexibility index (Phi) is 3.94. The van der Waals surface area contributed by atoms with Crippen molar-refractivity contribution in [1.29, 1.82) is 0 Å². The number of anilines is 1. The lowest BCUT2D eigenvalue weighted by atomic mass is 10.0. The molecule has 110 valence electrons. The van der Waals surface area contributed by atoms with Crippen LogP contribution in [0.1, 0.15) is 36.1 Å². The Labute approximate surface area is 122 Å². The third kappa shape index (κ3) is 2.54. The van der Waals surface area contributed by atoms with Crippen LogP contribution in [0.4, 0.5) is 5.82 Å². The van der Waals surface area contributed by atoms with Crippen LogP contribution >= 0.6 is 0 Å². The van der Waals surface area contributed by atoms with Crippen LogP contribution in [0.3, 0.4) is 0 Å². The number of nitrogens with two attached hydrogens (primary N) is 1. The van der Waals surface area contributed by atoms with Gasteiger partial charge in [-0.05, 0) is 57.8 Å². The van der Waals surface area contributed by atoms with Crippen LogP contribution in [0.25, 0.3) is 0 Å². The Morgan fingerprint density at radius 2 is 2.20 bits per heavy atom. The summed E-state index contributed by atoms with van der Waals surface area (Å²) in [5, 5.41) is 0. The van der Waals surface area contributed by atoms with Gasteiger partial charge in [-0.2, -0.15) is 0 Å². The number of aryl methyl sites for hydroxylation is 2. The van der Waals surface area contributed by atoms with E-state index in [0.29, 0.717) is 12.6 Å². The number of hydrogen-bond donors (Lipinski definition) is 1. The molecule has 1 fully saturated rings. The molecule has 4 nitrogen and oxygen atoms in total. The fraction of sp³-hybridized carbons (Fsp3) is 0.688. The van der Waals surface area contributed by atoms with Gasteiger partial charge >= 0.3 is 0 Å². The fourth-order valence-electron chi connectivity index (χ4n) is 3.50. The van der Waals surface area contributed by atoms with Gasteiger partial charge in [0, 0.05) is 36.9 Å². The third-order valence-corrected chi connectivity index (χ3v) is 4.75. The van der Waals surface area contributed by atoms with E-state index in [1.165, 1.54) is 42.5 Å². The minimum atomic E-state index is 0.596. The Morgan fingerprint density at radius 3 is 2.95 bits per heavy atom. The van der Waals surface area contributed by atoms with E-state index in [4.69, 9.17) is 10.7 Å². The number of rotatable bonds is 3. The molecule has 1 atom stereocenters. The molecule has 4 heteroatoms. The first-order valence-electron chi connectivity index (χ1n) is 7.82. The molecule has 3 rings (SSSR count). The Bertz CT molecular complexity index is 484. The summed E-state index contributed by atoms with van der Waals surface area (Å²) in [7, 11) is 4.35. The monoisotopic (exact) mass is 274 g/mol. The van der Waals surface area contributed by atoms with E-state index in [1.54, 1.807) is 0 Å². The van der Waals surface area contributed by atoms with Crippen LogP contribution < -0.4 is 10.6 Å². The minimum Gasteiger partial charge on any atom is -0.355 e. The highest BCUT2D eigenvalue weighted by Crippen LogP contribution is 2.29. The molecule has 0 bridgehead atoms. The van der Waals surface area contributed by atoms with Crippen molar-refractivity contribution in [2.45, 2.75) is 44.7 Å². The predicted octanol–water partition coefficient (Wildman–Crippen LogP) is 1.56. The summed E-state index contributed by atoms with van der Waals surface area (Å²) < 4.78 is 0. The second-order valence-electron chi connectivity index (χ2n) is 6.34. The maximum absolute atomic E-state index is 5.97.